The van der Waals surface area contributed by atoms with E-state index in [1.807, 2.05) is 30.3 Å². The Kier molecular flexibility index (Phi) is 4.14. The van der Waals surface area contributed by atoms with Crippen molar-refractivity contribution in [3.05, 3.63) is 77.4 Å². The van der Waals surface area contributed by atoms with E-state index in [0.29, 0.717) is 5.56 Å². The molecule has 0 radical (unpaired) electrons. The lowest BCUT2D eigenvalue weighted by Crippen LogP contribution is -1.96. The summed E-state index contributed by atoms with van der Waals surface area (Å²) < 4.78 is 0. The lowest BCUT2D eigenvalue weighted by molar-refractivity contribution is 0.0697. The number of carboxylic acid groups (broad SMARTS) is 1. The molecule has 19 heavy (non-hydrogen) atoms. The zero-order valence-corrected chi connectivity index (χ0v) is 10.8. The average Bonchev–Trinajstić information content (AvgIpc) is 2.46. The van der Waals surface area contributed by atoms with Crippen molar-refractivity contribution in [3.63, 3.8) is 0 Å². The first-order valence-electron chi connectivity index (χ1n) is 6.31. The van der Waals surface area contributed by atoms with Crippen LogP contribution in [0, 0.1) is 0 Å². The minimum atomic E-state index is -0.896. The Morgan fingerprint density at radius 2 is 1.47 bits per heavy atom. The highest BCUT2D eigenvalue weighted by Crippen LogP contribution is 2.24. The topological polar surface area (TPSA) is 37.3 Å². The fourth-order valence-corrected chi connectivity index (χ4v) is 2.02. The maximum atomic E-state index is 10.9. The van der Waals surface area contributed by atoms with Crippen LogP contribution in [-0.4, -0.2) is 11.1 Å². The van der Waals surface area contributed by atoms with Gasteiger partial charge in [0.1, 0.15) is 0 Å². The van der Waals surface area contributed by atoms with Gasteiger partial charge in [0.25, 0.3) is 0 Å². The summed E-state index contributed by atoms with van der Waals surface area (Å²) in [5.74, 6) is -0.896. The van der Waals surface area contributed by atoms with Gasteiger partial charge in [-0.1, -0.05) is 55.5 Å². The number of allylic oxidation sites excluding steroid dienone is 1. The summed E-state index contributed by atoms with van der Waals surface area (Å²) in [6.07, 6.45) is 3.09. The van der Waals surface area contributed by atoms with Gasteiger partial charge in [-0.3, -0.25) is 0 Å². The molecule has 0 heterocycles. The Balaban J connectivity index is 2.41. The fourth-order valence-electron chi connectivity index (χ4n) is 2.02. The van der Waals surface area contributed by atoms with Gasteiger partial charge in [0.2, 0.25) is 0 Å². The van der Waals surface area contributed by atoms with E-state index < -0.39 is 5.97 Å². The molecule has 0 aliphatic rings. The normalized spacial score (nSPS) is 11.3. The van der Waals surface area contributed by atoms with E-state index >= 15 is 0 Å². The van der Waals surface area contributed by atoms with Gasteiger partial charge in [-0.05, 0) is 35.3 Å². The van der Waals surface area contributed by atoms with Gasteiger partial charge < -0.3 is 5.11 Å². The van der Waals surface area contributed by atoms with Gasteiger partial charge >= 0.3 is 5.97 Å². The summed E-state index contributed by atoms with van der Waals surface area (Å²) in [6, 6.07) is 17.1. The van der Waals surface area contributed by atoms with Gasteiger partial charge in [0.05, 0.1) is 5.56 Å². The molecule has 2 aromatic rings. The second-order valence-corrected chi connectivity index (χ2v) is 4.27. The summed E-state index contributed by atoms with van der Waals surface area (Å²) >= 11 is 0. The van der Waals surface area contributed by atoms with Crippen molar-refractivity contribution in [2.45, 2.75) is 13.3 Å². The predicted octanol–water partition coefficient (Wildman–Crippen LogP) is 4.23. The zero-order valence-electron chi connectivity index (χ0n) is 10.8. The Morgan fingerprint density at radius 1 is 0.947 bits per heavy atom. The fraction of sp³-hybridized carbons (Fsp3) is 0.118. The summed E-state index contributed by atoms with van der Waals surface area (Å²) in [5.41, 5.74) is 3.64. The first-order chi connectivity index (χ1) is 9.22. The van der Waals surface area contributed by atoms with Crippen LogP contribution in [0.25, 0.3) is 5.57 Å². The van der Waals surface area contributed by atoms with Crippen molar-refractivity contribution in [1.82, 2.24) is 0 Å². The maximum Gasteiger partial charge on any atom is 0.335 e. The third kappa shape index (κ3) is 3.10. The molecule has 2 rings (SSSR count). The molecule has 2 nitrogen and oxygen atoms in total. The molecule has 0 spiro atoms. The molecule has 0 aliphatic heterocycles. The molecule has 1 N–H and O–H groups in total. The van der Waals surface area contributed by atoms with Crippen LogP contribution in [-0.2, 0) is 0 Å². The highest BCUT2D eigenvalue weighted by atomic mass is 16.4. The molecule has 0 aliphatic carbocycles. The second-order valence-electron chi connectivity index (χ2n) is 4.27. The molecule has 0 atom stereocenters. The number of hydrogen-bond acceptors (Lipinski definition) is 1. The number of carbonyl (C=O) groups is 1. The van der Waals surface area contributed by atoms with E-state index in [1.54, 1.807) is 12.1 Å². The third-order valence-electron chi connectivity index (χ3n) is 2.94. The zero-order chi connectivity index (χ0) is 13.7. The van der Waals surface area contributed by atoms with Crippen LogP contribution in [0.2, 0.25) is 0 Å². The van der Waals surface area contributed by atoms with E-state index in [9.17, 15) is 4.79 Å². The third-order valence-corrected chi connectivity index (χ3v) is 2.94. The molecular weight excluding hydrogens is 236 g/mol. The van der Waals surface area contributed by atoms with E-state index in [2.05, 4.69) is 25.1 Å². The van der Waals surface area contributed by atoms with Crippen molar-refractivity contribution in [1.29, 1.82) is 0 Å². The standard InChI is InChI=1S/C17H16O2/c1-2-6-16(13-7-4-3-5-8-13)14-9-11-15(12-10-14)17(18)19/h3-12H,2H2,1H3,(H,18,19)/b16-6+. The summed E-state index contributed by atoms with van der Waals surface area (Å²) in [7, 11) is 0. The molecule has 0 saturated heterocycles. The Bertz CT molecular complexity index is 580. The van der Waals surface area contributed by atoms with Crippen LogP contribution in [0.15, 0.2) is 60.7 Å². The molecule has 0 amide bonds. The lowest BCUT2D eigenvalue weighted by atomic mass is 9.96. The largest absolute Gasteiger partial charge is 0.478 e. The van der Waals surface area contributed by atoms with Gasteiger partial charge in [0, 0.05) is 0 Å². The monoisotopic (exact) mass is 252 g/mol. The van der Waals surface area contributed by atoms with E-state index in [1.165, 1.54) is 0 Å². The average molecular weight is 252 g/mol. The molecule has 0 saturated carbocycles. The number of aromatic carboxylic acids is 1. The minimum absolute atomic E-state index is 0.313. The highest BCUT2D eigenvalue weighted by molar-refractivity contribution is 5.89. The van der Waals surface area contributed by atoms with Crippen molar-refractivity contribution in [3.8, 4) is 0 Å². The summed E-state index contributed by atoms with van der Waals surface area (Å²) in [5, 5.41) is 8.92. The molecule has 0 unspecified atom stereocenters. The van der Waals surface area contributed by atoms with E-state index in [4.69, 9.17) is 5.11 Å². The SMILES string of the molecule is CC/C=C(\c1ccccc1)c1ccc(C(=O)O)cc1. The molecule has 0 aromatic heterocycles. The lowest BCUT2D eigenvalue weighted by Gasteiger charge is -2.08. The summed E-state index contributed by atoms with van der Waals surface area (Å²) in [6.45, 7) is 2.09. The molecule has 0 fully saturated rings. The Labute approximate surface area is 113 Å². The van der Waals surface area contributed by atoms with Crippen LogP contribution < -0.4 is 0 Å². The first-order valence-corrected chi connectivity index (χ1v) is 6.31. The molecule has 2 heteroatoms. The number of benzene rings is 2. The Hall–Kier alpha value is -2.35. The summed E-state index contributed by atoms with van der Waals surface area (Å²) in [4.78, 5) is 10.9. The highest BCUT2D eigenvalue weighted by Gasteiger charge is 2.06. The molecular formula is C17H16O2. The van der Waals surface area contributed by atoms with Gasteiger partial charge in [0.15, 0.2) is 0 Å². The minimum Gasteiger partial charge on any atom is -0.478 e. The van der Waals surface area contributed by atoms with Crippen LogP contribution in [0.5, 0.6) is 0 Å². The molecule has 0 bridgehead atoms. The van der Waals surface area contributed by atoms with E-state index in [-0.39, 0.29) is 0 Å². The van der Waals surface area contributed by atoms with Crippen molar-refractivity contribution in [2.75, 3.05) is 0 Å². The Morgan fingerprint density at radius 3 is 2.00 bits per heavy atom. The van der Waals surface area contributed by atoms with Crippen molar-refractivity contribution >= 4 is 11.5 Å². The smallest absolute Gasteiger partial charge is 0.335 e. The first kappa shape index (κ1) is 13.1. The number of hydrogen-bond donors (Lipinski definition) is 1. The van der Waals surface area contributed by atoms with Crippen molar-refractivity contribution < 1.29 is 9.90 Å². The van der Waals surface area contributed by atoms with Gasteiger partial charge in [-0.2, -0.15) is 0 Å². The molecule has 96 valence electrons. The maximum absolute atomic E-state index is 10.9. The van der Waals surface area contributed by atoms with Crippen molar-refractivity contribution in [2.24, 2.45) is 0 Å². The van der Waals surface area contributed by atoms with Crippen LogP contribution in [0.4, 0.5) is 0 Å². The number of carboxylic acids is 1. The van der Waals surface area contributed by atoms with Crippen LogP contribution in [0.1, 0.15) is 34.8 Å². The predicted molar refractivity (Wildman–Crippen MR) is 77.2 cm³/mol. The van der Waals surface area contributed by atoms with Crippen LogP contribution >= 0.6 is 0 Å². The molecule has 2 aromatic carbocycles. The van der Waals surface area contributed by atoms with E-state index in [0.717, 1.165) is 23.1 Å². The number of rotatable bonds is 4. The van der Waals surface area contributed by atoms with Gasteiger partial charge in [-0.15, -0.1) is 0 Å². The second kappa shape index (κ2) is 6.01. The van der Waals surface area contributed by atoms with Gasteiger partial charge in [-0.25, -0.2) is 4.79 Å². The van der Waals surface area contributed by atoms with Crippen LogP contribution in [0.3, 0.4) is 0 Å². The quantitative estimate of drug-likeness (QED) is 0.884.